The van der Waals surface area contributed by atoms with Gasteiger partial charge in [-0.25, -0.2) is 9.53 Å². The van der Waals surface area contributed by atoms with Gasteiger partial charge in [-0.3, -0.25) is 4.79 Å². The predicted molar refractivity (Wildman–Crippen MR) is 102 cm³/mol. The number of hydrogen-bond donors (Lipinski definition) is 1. The number of halogens is 1. The molecule has 0 fully saturated rings. The van der Waals surface area contributed by atoms with Gasteiger partial charge in [0.2, 0.25) is 0 Å². The Balaban J connectivity index is 2.01. The van der Waals surface area contributed by atoms with Crippen LogP contribution in [-0.2, 0) is 16.8 Å². The maximum absolute atomic E-state index is 14.6. The van der Waals surface area contributed by atoms with E-state index in [1.54, 1.807) is 12.1 Å². The van der Waals surface area contributed by atoms with Crippen LogP contribution in [0.15, 0.2) is 40.6 Å². The van der Waals surface area contributed by atoms with Crippen LogP contribution in [0.5, 0.6) is 11.5 Å². The van der Waals surface area contributed by atoms with Gasteiger partial charge in [-0.2, -0.15) is 17.8 Å². The zero-order valence-corrected chi connectivity index (χ0v) is 16.7. The Bertz CT molecular complexity index is 1100. The van der Waals surface area contributed by atoms with E-state index in [2.05, 4.69) is 10.2 Å². The van der Waals surface area contributed by atoms with Crippen LogP contribution in [-0.4, -0.2) is 39.9 Å². The average molecular weight is 422 g/mol. The third-order valence-electron chi connectivity index (χ3n) is 4.57. The van der Waals surface area contributed by atoms with Crippen molar-refractivity contribution in [1.29, 1.82) is 0 Å². The van der Waals surface area contributed by atoms with Gasteiger partial charge < -0.3 is 9.47 Å². The fourth-order valence-corrected chi connectivity index (χ4v) is 3.29. The summed E-state index contributed by atoms with van der Waals surface area (Å²) in [5, 5.41) is 12.7. The van der Waals surface area contributed by atoms with Gasteiger partial charge >= 0.3 is 0 Å². The summed E-state index contributed by atoms with van der Waals surface area (Å²) in [5.74, 6) is -0.410. The molecule has 29 heavy (non-hydrogen) atoms. The maximum atomic E-state index is 14.6. The third-order valence-corrected chi connectivity index (χ3v) is 5.56. The first-order chi connectivity index (χ1) is 13.7. The lowest BCUT2D eigenvalue weighted by molar-refractivity contribution is 0.0985. The summed E-state index contributed by atoms with van der Waals surface area (Å²) in [7, 11) is 0.218. The van der Waals surface area contributed by atoms with E-state index in [-0.39, 0.29) is 17.7 Å². The molecular formula is C18H19FN4O5S. The van der Waals surface area contributed by atoms with Crippen molar-refractivity contribution in [2.45, 2.75) is 12.6 Å². The number of carbonyl (C=O) groups is 1. The fraction of sp³-hybridized carbons (Fsp3) is 0.278. The molecule has 0 spiro atoms. The summed E-state index contributed by atoms with van der Waals surface area (Å²) >= 11 is 0. The van der Waals surface area contributed by atoms with Crippen LogP contribution in [0.2, 0.25) is 0 Å². The van der Waals surface area contributed by atoms with Crippen molar-refractivity contribution in [3.63, 3.8) is 0 Å². The van der Waals surface area contributed by atoms with E-state index in [0.717, 1.165) is 4.31 Å². The molecule has 2 N–H and O–H groups in total. The zero-order chi connectivity index (χ0) is 21.3. The molecule has 1 atom stereocenters. The number of methoxy groups -OCH3 is 2. The van der Waals surface area contributed by atoms with Crippen LogP contribution < -0.4 is 14.6 Å². The molecule has 1 aliphatic rings. The van der Waals surface area contributed by atoms with Gasteiger partial charge in [0.1, 0.15) is 11.9 Å². The summed E-state index contributed by atoms with van der Waals surface area (Å²) in [6.07, 6.45) is 0. The monoisotopic (exact) mass is 422 g/mol. The van der Waals surface area contributed by atoms with Crippen LogP contribution in [0.25, 0.3) is 0 Å². The number of amides is 1. The van der Waals surface area contributed by atoms with Crippen molar-refractivity contribution in [3.8, 4) is 11.5 Å². The van der Waals surface area contributed by atoms with Gasteiger partial charge in [-0.1, -0.05) is 12.1 Å². The highest BCUT2D eigenvalue weighted by Crippen LogP contribution is 2.40. The topological polar surface area (TPSA) is 124 Å². The highest BCUT2D eigenvalue weighted by atomic mass is 32.2. The standard InChI is InChI=1S/C18H19FN4O5S/c1-23(29(20,25)26)9-11-5-4-10(6-14(11)19)17-12-7-15(27-2)16(28-3)8-13(12)18(24)22-21-17/h4-8,17H,9H2,1-3H3,(H2,20,25,26). The lowest BCUT2D eigenvalue weighted by Gasteiger charge is -2.21. The van der Waals surface area contributed by atoms with Crippen molar-refractivity contribution >= 4 is 16.1 Å². The van der Waals surface area contributed by atoms with Crippen molar-refractivity contribution in [3.05, 3.63) is 58.4 Å². The summed E-state index contributed by atoms with van der Waals surface area (Å²) in [4.78, 5) is 12.2. The number of ether oxygens (including phenoxy) is 2. The summed E-state index contributed by atoms with van der Waals surface area (Å²) in [6, 6.07) is 6.64. The second-order valence-electron chi connectivity index (χ2n) is 6.37. The molecule has 154 valence electrons. The Hall–Kier alpha value is -2.89. The van der Waals surface area contributed by atoms with Crippen molar-refractivity contribution in [2.24, 2.45) is 15.4 Å². The number of nitrogens with zero attached hydrogens (tertiary/aromatic N) is 3. The minimum absolute atomic E-state index is 0.140. The molecule has 0 aromatic heterocycles. The van der Waals surface area contributed by atoms with Gasteiger partial charge in [-0.15, -0.1) is 5.11 Å². The molecule has 1 aliphatic heterocycles. The third kappa shape index (κ3) is 4.11. The highest BCUT2D eigenvalue weighted by molar-refractivity contribution is 7.86. The Labute approximate surface area is 167 Å². The zero-order valence-electron chi connectivity index (χ0n) is 15.9. The predicted octanol–water partition coefficient (Wildman–Crippen LogP) is 2.17. The van der Waals surface area contributed by atoms with Crippen LogP contribution in [0.1, 0.15) is 33.1 Å². The number of rotatable bonds is 6. The minimum Gasteiger partial charge on any atom is -0.493 e. The lowest BCUT2D eigenvalue weighted by Crippen LogP contribution is -2.33. The van der Waals surface area contributed by atoms with E-state index >= 15 is 0 Å². The second kappa shape index (κ2) is 7.85. The first-order valence-electron chi connectivity index (χ1n) is 8.39. The Morgan fingerprint density at radius 3 is 2.41 bits per heavy atom. The molecule has 11 heteroatoms. The number of hydrogen-bond acceptors (Lipinski definition) is 6. The SMILES string of the molecule is COc1cc2c(cc1OC)C(c1ccc(CN(C)S(N)(=O)=O)c(F)c1)N=NC2=O. The molecule has 2 aromatic rings. The second-order valence-corrected chi connectivity index (χ2v) is 8.02. The van der Waals surface area contributed by atoms with E-state index in [1.807, 2.05) is 0 Å². The first kappa shape index (κ1) is 20.8. The van der Waals surface area contributed by atoms with Gasteiger partial charge in [0.25, 0.3) is 16.1 Å². The minimum atomic E-state index is -3.94. The van der Waals surface area contributed by atoms with Gasteiger partial charge in [-0.05, 0) is 29.3 Å². The van der Waals surface area contributed by atoms with Crippen molar-refractivity contribution < 1.29 is 27.1 Å². The molecule has 0 radical (unpaired) electrons. The molecule has 1 amide bonds. The Kier molecular flexibility index (Phi) is 5.64. The van der Waals surface area contributed by atoms with Crippen LogP contribution >= 0.6 is 0 Å². The molecule has 1 heterocycles. The quantitative estimate of drug-likeness (QED) is 0.764. The fourth-order valence-electron chi connectivity index (χ4n) is 2.97. The van der Waals surface area contributed by atoms with E-state index < -0.39 is 28.0 Å². The van der Waals surface area contributed by atoms with Gasteiger partial charge in [0.05, 0.1) is 19.8 Å². The normalized spacial score (nSPS) is 16.1. The molecule has 1 unspecified atom stereocenters. The molecule has 0 aliphatic carbocycles. The van der Waals surface area contributed by atoms with E-state index in [9.17, 15) is 17.6 Å². The van der Waals surface area contributed by atoms with Crippen molar-refractivity contribution in [2.75, 3.05) is 21.3 Å². The Morgan fingerprint density at radius 1 is 1.17 bits per heavy atom. The number of fused-ring (bicyclic) bond motifs is 1. The Morgan fingerprint density at radius 2 is 1.83 bits per heavy atom. The van der Waals surface area contributed by atoms with Gasteiger partial charge in [0, 0.05) is 19.2 Å². The largest absolute Gasteiger partial charge is 0.493 e. The number of benzene rings is 2. The number of nitrogens with two attached hydrogens (primary N) is 1. The molecule has 9 nitrogen and oxygen atoms in total. The summed E-state index contributed by atoms with van der Waals surface area (Å²) in [5.41, 5.74) is 1.36. The summed E-state index contributed by atoms with van der Waals surface area (Å²) < 4.78 is 48.6. The van der Waals surface area contributed by atoms with E-state index in [1.165, 1.54) is 39.5 Å². The molecule has 0 saturated heterocycles. The first-order valence-corrected chi connectivity index (χ1v) is 9.89. The van der Waals surface area contributed by atoms with Crippen LogP contribution in [0, 0.1) is 5.82 Å². The van der Waals surface area contributed by atoms with Crippen LogP contribution in [0.4, 0.5) is 4.39 Å². The molecule has 0 bridgehead atoms. The average Bonchev–Trinajstić information content (AvgIpc) is 2.68. The summed E-state index contributed by atoms with van der Waals surface area (Å²) in [6.45, 7) is -0.225. The van der Waals surface area contributed by atoms with Crippen molar-refractivity contribution in [1.82, 2.24) is 4.31 Å². The van der Waals surface area contributed by atoms with E-state index in [0.29, 0.717) is 22.6 Å². The molecule has 3 rings (SSSR count). The number of azo groups is 1. The molecular weight excluding hydrogens is 403 g/mol. The highest BCUT2D eigenvalue weighted by Gasteiger charge is 2.28. The lowest BCUT2D eigenvalue weighted by atomic mass is 9.92. The number of carbonyl (C=O) groups excluding carboxylic acids is 1. The van der Waals surface area contributed by atoms with Crippen LogP contribution in [0.3, 0.4) is 0 Å². The van der Waals surface area contributed by atoms with E-state index in [4.69, 9.17) is 14.6 Å². The molecule has 2 aromatic carbocycles. The van der Waals surface area contributed by atoms with Gasteiger partial charge in [0.15, 0.2) is 11.5 Å². The molecule has 0 saturated carbocycles. The smallest absolute Gasteiger partial charge is 0.295 e. The maximum Gasteiger partial charge on any atom is 0.295 e.